The first-order chi connectivity index (χ1) is 14.7. The van der Waals surface area contributed by atoms with Gasteiger partial charge in [0.25, 0.3) is 0 Å². The smallest absolute Gasteiger partial charge is 0.390 e. The van der Waals surface area contributed by atoms with Gasteiger partial charge in [-0.1, -0.05) is 0 Å². The zero-order valence-electron chi connectivity index (χ0n) is 15.7. The van der Waals surface area contributed by atoms with Crippen molar-refractivity contribution in [3.63, 3.8) is 0 Å². The number of hydrogen-bond donors (Lipinski definition) is 7. The van der Waals surface area contributed by atoms with Crippen LogP contribution in [0.25, 0.3) is 11.2 Å². The van der Waals surface area contributed by atoms with Crippen molar-refractivity contribution >= 4 is 40.4 Å². The lowest BCUT2D eigenvalue weighted by molar-refractivity contribution is -0.0269. The molecule has 178 valence electrons. The van der Waals surface area contributed by atoms with E-state index in [1.807, 2.05) is 0 Å². The zero-order chi connectivity index (χ0) is 23.7. The summed E-state index contributed by atoms with van der Waals surface area (Å²) in [6.45, 7) is -0.710. The zero-order valence-corrected chi connectivity index (χ0v) is 18.4. The van der Waals surface area contributed by atoms with Crippen molar-refractivity contribution in [1.82, 2.24) is 19.5 Å². The number of fused-ring (bicyclic) bond motifs is 2. The van der Waals surface area contributed by atoms with Gasteiger partial charge in [0.05, 0.1) is 24.6 Å². The molecule has 3 unspecified atom stereocenters. The Hall–Kier alpha value is -1.32. The molecule has 17 nitrogen and oxygen atoms in total. The molecule has 8 N–H and O–H groups in total. The van der Waals surface area contributed by atoms with Crippen molar-refractivity contribution in [3.05, 3.63) is 12.7 Å². The Morgan fingerprint density at radius 3 is 2.44 bits per heavy atom. The topological polar surface area (TPSA) is 270 Å². The fourth-order valence-electron chi connectivity index (χ4n) is 4.20. The molecule has 2 aromatic heterocycles. The third kappa shape index (κ3) is 4.16. The largest absolute Gasteiger partial charge is 0.490 e. The summed E-state index contributed by atoms with van der Waals surface area (Å²) in [7, 11) is -16.6. The van der Waals surface area contributed by atoms with Gasteiger partial charge in [0.15, 0.2) is 11.5 Å². The van der Waals surface area contributed by atoms with E-state index >= 15 is 0 Å². The van der Waals surface area contributed by atoms with Gasteiger partial charge in [-0.05, 0) is 12.3 Å². The van der Waals surface area contributed by atoms with Crippen LogP contribution < -0.4 is 5.73 Å². The second-order valence-corrected chi connectivity index (χ2v) is 11.8. The molecule has 4 rings (SSSR count). The van der Waals surface area contributed by atoms with E-state index in [0.29, 0.717) is 12.1 Å². The summed E-state index contributed by atoms with van der Waals surface area (Å²) in [5.74, 6) is -1.29. The molecule has 2 fully saturated rings. The van der Waals surface area contributed by atoms with Crippen LogP contribution in [-0.4, -0.2) is 68.1 Å². The van der Waals surface area contributed by atoms with Crippen LogP contribution in [0.3, 0.4) is 0 Å². The number of aliphatic hydroxyl groups excluding tert-OH is 2. The lowest BCUT2D eigenvalue weighted by Gasteiger charge is -2.24. The second kappa shape index (κ2) is 7.60. The molecule has 2 saturated carbocycles. The molecule has 0 radical (unpaired) electrons. The highest BCUT2D eigenvalue weighted by atomic mass is 31.3. The first kappa shape index (κ1) is 23.8. The number of nitrogen functional groups attached to an aromatic ring is 1. The molecule has 32 heavy (non-hydrogen) atoms. The number of phosphoric acid groups is 3. The number of rotatable bonds is 8. The number of aromatic nitrogens is 4. The summed E-state index contributed by atoms with van der Waals surface area (Å²) in [4.78, 5) is 48.0. The van der Waals surface area contributed by atoms with E-state index in [1.165, 1.54) is 17.2 Å². The lowest BCUT2D eigenvalue weighted by Crippen LogP contribution is -2.39. The van der Waals surface area contributed by atoms with Crippen LogP contribution in [0.5, 0.6) is 0 Å². The Balaban J connectivity index is 1.50. The third-order valence-corrected chi connectivity index (χ3v) is 9.28. The molecule has 0 spiro atoms. The van der Waals surface area contributed by atoms with Gasteiger partial charge >= 0.3 is 23.5 Å². The minimum Gasteiger partial charge on any atom is -0.390 e. The quantitative estimate of drug-likeness (QED) is 0.203. The molecule has 2 aliphatic rings. The average molecular weight is 517 g/mol. The molecular weight excluding hydrogens is 499 g/mol. The minimum absolute atomic E-state index is 0.111. The summed E-state index contributed by atoms with van der Waals surface area (Å²) in [6, 6.07) is 0. The predicted octanol–water partition coefficient (Wildman–Crippen LogP) is -1.18. The van der Waals surface area contributed by atoms with Crippen LogP contribution in [0.2, 0.25) is 0 Å². The Morgan fingerprint density at radius 2 is 1.78 bits per heavy atom. The van der Waals surface area contributed by atoms with E-state index in [9.17, 15) is 33.7 Å². The van der Waals surface area contributed by atoms with Crippen molar-refractivity contribution in [2.24, 2.45) is 11.8 Å². The molecule has 0 aromatic carbocycles. The van der Waals surface area contributed by atoms with Gasteiger partial charge in [0.1, 0.15) is 17.9 Å². The molecular formula is C12H18N5O12P3. The summed E-state index contributed by atoms with van der Waals surface area (Å²) in [6.07, 6.45) is 0.101. The SMILES string of the molecule is Nc1ncnc2c1ncn2C12C[C@H]1[C@H](COP(=O)(O)OP(=O)(O)OP(=O)(O)O)[C@@H](O)[C@H]2O. The first-order valence-electron chi connectivity index (χ1n) is 8.75. The second-order valence-electron chi connectivity index (χ2n) is 7.33. The van der Waals surface area contributed by atoms with Gasteiger partial charge in [0, 0.05) is 5.92 Å². The lowest BCUT2D eigenvalue weighted by atomic mass is 10.0. The van der Waals surface area contributed by atoms with E-state index in [0.717, 1.165) is 0 Å². The van der Waals surface area contributed by atoms with E-state index in [-0.39, 0.29) is 11.3 Å². The Morgan fingerprint density at radius 1 is 1.09 bits per heavy atom. The monoisotopic (exact) mass is 517 g/mol. The highest BCUT2D eigenvalue weighted by molar-refractivity contribution is 7.66. The van der Waals surface area contributed by atoms with Gasteiger partial charge in [-0.25, -0.2) is 28.6 Å². The summed E-state index contributed by atoms with van der Waals surface area (Å²) in [5, 5.41) is 21.2. The normalized spacial score (nSPS) is 33.6. The fraction of sp³-hybridized carbons (Fsp3) is 0.583. The predicted molar refractivity (Wildman–Crippen MR) is 101 cm³/mol. The number of phosphoric ester groups is 1. The van der Waals surface area contributed by atoms with Gasteiger partial charge < -0.3 is 40.1 Å². The third-order valence-electron chi connectivity index (χ3n) is 5.48. The molecule has 2 aromatic rings. The highest BCUT2D eigenvalue weighted by Crippen LogP contribution is 2.68. The molecule has 0 bridgehead atoms. The van der Waals surface area contributed by atoms with E-state index in [2.05, 4.69) is 28.1 Å². The number of nitrogens with two attached hydrogens (primary N) is 1. The summed E-state index contributed by atoms with van der Waals surface area (Å²) in [5.41, 5.74) is 5.30. The molecule has 0 aliphatic heterocycles. The molecule has 7 atom stereocenters. The van der Waals surface area contributed by atoms with Crippen LogP contribution in [0.15, 0.2) is 12.7 Å². The number of anilines is 1. The Labute approximate surface area is 178 Å². The van der Waals surface area contributed by atoms with Crippen LogP contribution in [-0.2, 0) is 32.4 Å². The number of aliphatic hydroxyl groups is 2. The molecule has 0 amide bonds. The fourth-order valence-corrected chi connectivity index (χ4v) is 7.25. The maximum absolute atomic E-state index is 12.0. The molecule has 0 saturated heterocycles. The van der Waals surface area contributed by atoms with Crippen LogP contribution in [0.4, 0.5) is 5.82 Å². The van der Waals surface area contributed by atoms with Crippen LogP contribution in [0, 0.1) is 11.8 Å². The van der Waals surface area contributed by atoms with Crippen molar-refractivity contribution in [2.45, 2.75) is 24.2 Å². The Bertz CT molecular complexity index is 1200. The van der Waals surface area contributed by atoms with Crippen LogP contribution >= 0.6 is 23.5 Å². The minimum atomic E-state index is -5.67. The molecule has 20 heteroatoms. The van der Waals surface area contributed by atoms with Gasteiger partial charge in [-0.15, -0.1) is 0 Å². The highest BCUT2D eigenvalue weighted by Gasteiger charge is 2.72. The van der Waals surface area contributed by atoms with Gasteiger partial charge in [0.2, 0.25) is 0 Å². The number of hydrogen-bond acceptors (Lipinski definition) is 12. The number of nitrogens with zero attached hydrogens (tertiary/aromatic N) is 4. The number of imidazole rings is 1. The van der Waals surface area contributed by atoms with Gasteiger partial charge in [-0.2, -0.15) is 8.62 Å². The van der Waals surface area contributed by atoms with Gasteiger partial charge in [-0.3, -0.25) is 4.52 Å². The summed E-state index contributed by atoms with van der Waals surface area (Å²) >= 11 is 0. The van der Waals surface area contributed by atoms with Crippen molar-refractivity contribution in [1.29, 1.82) is 0 Å². The maximum atomic E-state index is 12.0. The maximum Gasteiger partial charge on any atom is 0.490 e. The first-order valence-corrected chi connectivity index (χ1v) is 13.3. The van der Waals surface area contributed by atoms with Crippen LogP contribution in [0.1, 0.15) is 6.42 Å². The summed E-state index contributed by atoms with van der Waals surface area (Å²) < 4.78 is 47.5. The van der Waals surface area contributed by atoms with Crippen molar-refractivity contribution in [2.75, 3.05) is 12.3 Å². The van der Waals surface area contributed by atoms with E-state index < -0.39 is 59.7 Å². The molecule has 2 aliphatic carbocycles. The van der Waals surface area contributed by atoms with E-state index in [1.54, 1.807) is 0 Å². The average Bonchev–Trinajstić information content (AvgIpc) is 3.12. The standard InChI is InChI=1S/C12H18N5O12P3/c13-10-7-11(15-3-14-10)17(4-16-7)12-1-6(12)5(8(18)9(12)19)2-27-31(23,24)29-32(25,26)28-30(20,21)22/h3-6,8-9,18-19H,1-2H2,(H,23,24)(H,25,26)(H2,13,14,15)(H2,20,21,22)/t5-,6-,8+,9+,12?/m0/s1. The van der Waals surface area contributed by atoms with E-state index in [4.69, 9.17) is 15.5 Å². The van der Waals surface area contributed by atoms with Crippen molar-refractivity contribution in [3.8, 4) is 0 Å². The van der Waals surface area contributed by atoms with Crippen molar-refractivity contribution < 1.29 is 56.6 Å². The Kier molecular flexibility index (Phi) is 5.66. The molecule has 2 heterocycles.